The molecule has 1 aliphatic heterocycles. The smallest absolute Gasteiger partial charge is 0.325 e. The third-order valence-electron chi connectivity index (χ3n) is 4.85. The largest absolute Gasteiger partial charge is 0.497 e. The lowest BCUT2D eigenvalue weighted by atomic mass is 9.91. The van der Waals surface area contributed by atoms with Crippen LogP contribution in [0, 0.1) is 6.92 Å². The Morgan fingerprint density at radius 2 is 1.75 bits per heavy atom. The summed E-state index contributed by atoms with van der Waals surface area (Å²) < 4.78 is 5.09. The van der Waals surface area contributed by atoms with Gasteiger partial charge in [-0.2, -0.15) is 0 Å². The van der Waals surface area contributed by atoms with Crippen LogP contribution in [0.1, 0.15) is 23.6 Å². The second-order valence-electron chi connectivity index (χ2n) is 6.94. The third-order valence-corrected chi connectivity index (χ3v) is 4.85. The van der Waals surface area contributed by atoms with E-state index < -0.39 is 23.4 Å². The fourth-order valence-electron chi connectivity index (χ4n) is 3.07. The minimum absolute atomic E-state index is 0.293. The van der Waals surface area contributed by atoms with Gasteiger partial charge in [-0.15, -0.1) is 0 Å². The van der Waals surface area contributed by atoms with E-state index in [1.165, 1.54) is 0 Å². The maximum Gasteiger partial charge on any atom is 0.325 e. The maximum atomic E-state index is 12.9. The first-order chi connectivity index (χ1) is 13.3. The average molecular weight is 381 g/mol. The predicted octanol–water partition coefficient (Wildman–Crippen LogP) is 2.09. The van der Waals surface area contributed by atoms with E-state index >= 15 is 0 Å². The molecule has 0 bridgehead atoms. The van der Waals surface area contributed by atoms with Crippen molar-refractivity contribution in [3.8, 4) is 5.75 Å². The minimum Gasteiger partial charge on any atom is -0.497 e. The summed E-state index contributed by atoms with van der Waals surface area (Å²) in [6.45, 7) is 3.55. The molecule has 0 unspecified atom stereocenters. The number of rotatable bonds is 6. The van der Waals surface area contributed by atoms with Crippen LogP contribution < -0.4 is 15.4 Å². The monoisotopic (exact) mass is 381 g/mol. The van der Waals surface area contributed by atoms with E-state index in [1.807, 2.05) is 31.2 Å². The number of imide groups is 1. The van der Waals surface area contributed by atoms with Crippen molar-refractivity contribution in [1.29, 1.82) is 0 Å². The number of ether oxygens (including phenoxy) is 1. The molecule has 1 fully saturated rings. The quantitative estimate of drug-likeness (QED) is 0.750. The van der Waals surface area contributed by atoms with Gasteiger partial charge in [0.1, 0.15) is 17.8 Å². The molecule has 4 amide bonds. The van der Waals surface area contributed by atoms with Gasteiger partial charge in [0.2, 0.25) is 5.91 Å². The topological polar surface area (TPSA) is 87.7 Å². The minimum atomic E-state index is -1.18. The van der Waals surface area contributed by atoms with Crippen LogP contribution in [-0.4, -0.2) is 36.4 Å². The van der Waals surface area contributed by atoms with Gasteiger partial charge in [-0.05, 0) is 37.1 Å². The molecule has 0 aliphatic carbocycles. The number of nitrogens with one attached hydrogen (secondary N) is 2. The molecule has 0 radical (unpaired) electrons. The third kappa shape index (κ3) is 3.83. The van der Waals surface area contributed by atoms with Crippen molar-refractivity contribution < 1.29 is 19.1 Å². The second-order valence-corrected chi connectivity index (χ2v) is 6.94. The molecule has 0 spiro atoms. The highest BCUT2D eigenvalue weighted by molar-refractivity contribution is 6.09. The molecule has 28 heavy (non-hydrogen) atoms. The molecule has 0 aromatic heterocycles. The van der Waals surface area contributed by atoms with Gasteiger partial charge in [-0.3, -0.25) is 14.5 Å². The Balaban J connectivity index is 1.63. The van der Waals surface area contributed by atoms with Crippen molar-refractivity contribution >= 4 is 17.8 Å². The highest BCUT2D eigenvalue weighted by Gasteiger charge is 2.49. The summed E-state index contributed by atoms with van der Waals surface area (Å²) in [6.07, 6.45) is 0. The van der Waals surface area contributed by atoms with Gasteiger partial charge in [0.05, 0.1) is 7.11 Å². The molecule has 7 nitrogen and oxygen atoms in total. The lowest BCUT2D eigenvalue weighted by Gasteiger charge is -2.22. The number of benzene rings is 2. The molecule has 1 aliphatic rings. The zero-order valence-electron chi connectivity index (χ0n) is 16.1. The Morgan fingerprint density at radius 3 is 2.36 bits per heavy atom. The van der Waals surface area contributed by atoms with Crippen molar-refractivity contribution in [2.75, 3.05) is 13.7 Å². The first-order valence-corrected chi connectivity index (χ1v) is 8.94. The van der Waals surface area contributed by atoms with Crippen LogP contribution in [0.5, 0.6) is 5.75 Å². The molecule has 2 aromatic carbocycles. The first-order valence-electron chi connectivity index (χ1n) is 8.94. The van der Waals surface area contributed by atoms with E-state index in [-0.39, 0.29) is 6.54 Å². The van der Waals surface area contributed by atoms with E-state index in [9.17, 15) is 14.4 Å². The second kappa shape index (κ2) is 7.72. The van der Waals surface area contributed by atoms with Gasteiger partial charge >= 0.3 is 6.03 Å². The molecule has 0 saturated carbocycles. The summed E-state index contributed by atoms with van der Waals surface area (Å²) in [6, 6.07) is 14.1. The van der Waals surface area contributed by atoms with Crippen LogP contribution in [0.4, 0.5) is 4.79 Å². The van der Waals surface area contributed by atoms with Crippen molar-refractivity contribution in [2.24, 2.45) is 0 Å². The van der Waals surface area contributed by atoms with E-state index in [2.05, 4.69) is 10.6 Å². The molecular formula is C21H23N3O4. The zero-order valence-corrected chi connectivity index (χ0v) is 16.1. The fraction of sp³-hybridized carbons (Fsp3) is 0.286. The summed E-state index contributed by atoms with van der Waals surface area (Å²) in [7, 11) is 1.58. The molecule has 1 saturated heterocycles. The van der Waals surface area contributed by atoms with Crippen molar-refractivity contribution in [1.82, 2.24) is 15.5 Å². The number of aryl methyl sites for hydroxylation is 1. The zero-order chi connectivity index (χ0) is 20.3. The van der Waals surface area contributed by atoms with Crippen molar-refractivity contribution in [2.45, 2.75) is 25.9 Å². The SMILES string of the molecule is COc1ccc(CNC(=O)CN2C(=O)N[C@@](C)(c3ccc(C)cc3)C2=O)cc1. The number of nitrogens with zero attached hydrogens (tertiary/aromatic N) is 1. The van der Waals surface area contributed by atoms with E-state index in [1.54, 1.807) is 38.3 Å². The Morgan fingerprint density at radius 1 is 1.11 bits per heavy atom. The van der Waals surface area contributed by atoms with Gasteiger partial charge in [0.25, 0.3) is 5.91 Å². The summed E-state index contributed by atoms with van der Waals surface area (Å²) in [5, 5.41) is 5.43. The van der Waals surface area contributed by atoms with Crippen molar-refractivity contribution in [3.63, 3.8) is 0 Å². The maximum absolute atomic E-state index is 12.9. The molecule has 2 aromatic rings. The summed E-state index contributed by atoms with van der Waals surface area (Å²) >= 11 is 0. The Kier molecular flexibility index (Phi) is 5.35. The lowest BCUT2D eigenvalue weighted by molar-refractivity contribution is -0.134. The van der Waals surface area contributed by atoms with Crippen LogP contribution in [0.15, 0.2) is 48.5 Å². The first kappa shape index (κ1) is 19.4. The predicted molar refractivity (Wildman–Crippen MR) is 104 cm³/mol. The number of methoxy groups -OCH3 is 1. The van der Waals surface area contributed by atoms with Crippen LogP contribution in [0.2, 0.25) is 0 Å². The number of hydrogen-bond donors (Lipinski definition) is 2. The van der Waals surface area contributed by atoms with Crippen LogP contribution in [0.3, 0.4) is 0 Å². The average Bonchev–Trinajstić information content (AvgIpc) is 2.91. The molecule has 146 valence electrons. The van der Waals surface area contributed by atoms with E-state index in [0.29, 0.717) is 12.1 Å². The highest BCUT2D eigenvalue weighted by Crippen LogP contribution is 2.28. The van der Waals surface area contributed by atoms with E-state index in [4.69, 9.17) is 4.74 Å². The van der Waals surface area contributed by atoms with E-state index in [0.717, 1.165) is 21.8 Å². The molecule has 1 heterocycles. The number of carbonyl (C=O) groups is 3. The molecule has 3 rings (SSSR count). The van der Waals surface area contributed by atoms with Gasteiger partial charge in [0.15, 0.2) is 0 Å². The summed E-state index contributed by atoms with van der Waals surface area (Å²) in [4.78, 5) is 38.4. The Hall–Kier alpha value is -3.35. The number of amides is 4. The van der Waals surface area contributed by atoms with Crippen LogP contribution in [-0.2, 0) is 21.7 Å². The van der Waals surface area contributed by atoms with Gasteiger partial charge in [0, 0.05) is 6.54 Å². The standard InChI is InChI=1S/C21H23N3O4/c1-14-4-8-16(9-5-14)21(2)19(26)24(20(27)23-21)13-18(25)22-12-15-6-10-17(28-3)11-7-15/h4-11H,12-13H2,1-3H3,(H,22,25)(H,23,27)/t21-/m0/s1. The molecule has 2 N–H and O–H groups in total. The van der Waals surface area contributed by atoms with Crippen molar-refractivity contribution in [3.05, 3.63) is 65.2 Å². The molecular weight excluding hydrogens is 358 g/mol. The fourth-order valence-corrected chi connectivity index (χ4v) is 3.07. The van der Waals surface area contributed by atoms with Crippen LogP contribution in [0.25, 0.3) is 0 Å². The highest BCUT2D eigenvalue weighted by atomic mass is 16.5. The van der Waals surface area contributed by atoms with Gasteiger partial charge in [-0.25, -0.2) is 4.79 Å². The number of carbonyl (C=O) groups excluding carboxylic acids is 3. The Bertz CT molecular complexity index is 893. The normalized spacial score (nSPS) is 18.8. The number of urea groups is 1. The van der Waals surface area contributed by atoms with Gasteiger partial charge in [-0.1, -0.05) is 42.0 Å². The molecule has 7 heteroatoms. The van der Waals surface area contributed by atoms with Crippen LogP contribution >= 0.6 is 0 Å². The lowest BCUT2D eigenvalue weighted by Crippen LogP contribution is -2.43. The number of hydrogen-bond acceptors (Lipinski definition) is 4. The Labute approximate surface area is 163 Å². The summed E-state index contributed by atoms with van der Waals surface area (Å²) in [5.74, 6) is -0.127. The van der Waals surface area contributed by atoms with Gasteiger partial charge < -0.3 is 15.4 Å². The summed E-state index contributed by atoms with van der Waals surface area (Å²) in [5.41, 5.74) is 1.44. The molecule has 1 atom stereocenters.